The Morgan fingerprint density at radius 1 is 1.46 bits per heavy atom. The Labute approximate surface area is 82.9 Å². The van der Waals surface area contributed by atoms with E-state index in [-0.39, 0.29) is 6.10 Å². The Kier molecular flexibility index (Phi) is 4.12. The highest BCUT2D eigenvalue weighted by Gasteiger charge is 2.03. The summed E-state index contributed by atoms with van der Waals surface area (Å²) in [6.07, 6.45) is -0.282. The van der Waals surface area contributed by atoms with Crippen LogP contribution in [0.3, 0.4) is 0 Å². The van der Waals surface area contributed by atoms with Crippen LogP contribution < -0.4 is 4.74 Å². The molecule has 0 saturated heterocycles. The van der Waals surface area contributed by atoms with Crippen molar-refractivity contribution >= 4 is 11.8 Å². The molecule has 0 unspecified atom stereocenters. The monoisotopic (exact) mass is 198 g/mol. The van der Waals surface area contributed by atoms with Gasteiger partial charge in [0.15, 0.2) is 0 Å². The van der Waals surface area contributed by atoms with Crippen molar-refractivity contribution in [2.24, 2.45) is 0 Å². The first-order chi connectivity index (χ1) is 6.24. The smallest absolute Gasteiger partial charge is 0.132 e. The summed E-state index contributed by atoms with van der Waals surface area (Å²) in [5.74, 6) is 1.56. The number of para-hydroxylation sites is 1. The van der Waals surface area contributed by atoms with Gasteiger partial charge in [-0.1, -0.05) is 12.1 Å². The van der Waals surface area contributed by atoms with E-state index in [9.17, 15) is 0 Å². The first-order valence-corrected chi connectivity index (χ1v) is 5.16. The Morgan fingerprint density at radius 2 is 2.15 bits per heavy atom. The average molecular weight is 198 g/mol. The SMILES string of the molecule is COc1ccccc1SC[C@@H](C)O. The third-order valence-electron chi connectivity index (χ3n) is 1.55. The molecular formula is C10H14O2S. The lowest BCUT2D eigenvalue weighted by Crippen LogP contribution is -2.02. The maximum atomic E-state index is 9.12. The van der Waals surface area contributed by atoms with Gasteiger partial charge >= 0.3 is 0 Å². The highest BCUT2D eigenvalue weighted by Crippen LogP contribution is 2.28. The summed E-state index contributed by atoms with van der Waals surface area (Å²) < 4.78 is 5.18. The standard InChI is InChI=1S/C10H14O2S/c1-8(11)7-13-10-6-4-3-5-9(10)12-2/h3-6,8,11H,7H2,1-2H3/t8-/m1/s1. The van der Waals surface area contributed by atoms with E-state index < -0.39 is 0 Å². The van der Waals surface area contributed by atoms with Gasteiger partial charge in [-0.15, -0.1) is 11.8 Å². The van der Waals surface area contributed by atoms with E-state index in [1.165, 1.54) is 0 Å². The normalized spacial score (nSPS) is 12.5. The van der Waals surface area contributed by atoms with Crippen molar-refractivity contribution in [1.29, 1.82) is 0 Å². The molecule has 0 bridgehead atoms. The fourth-order valence-corrected chi connectivity index (χ4v) is 1.84. The minimum atomic E-state index is -0.282. The Balaban J connectivity index is 2.64. The predicted molar refractivity (Wildman–Crippen MR) is 55.4 cm³/mol. The van der Waals surface area contributed by atoms with Crippen molar-refractivity contribution in [1.82, 2.24) is 0 Å². The number of hydrogen-bond donors (Lipinski definition) is 1. The predicted octanol–water partition coefficient (Wildman–Crippen LogP) is 2.17. The summed E-state index contributed by atoms with van der Waals surface area (Å²) in [4.78, 5) is 1.07. The van der Waals surface area contributed by atoms with Crippen LogP contribution in [0.1, 0.15) is 6.92 Å². The topological polar surface area (TPSA) is 29.5 Å². The van der Waals surface area contributed by atoms with Crippen LogP contribution in [0.4, 0.5) is 0 Å². The van der Waals surface area contributed by atoms with Gasteiger partial charge in [-0.05, 0) is 19.1 Å². The number of hydrogen-bond acceptors (Lipinski definition) is 3. The largest absolute Gasteiger partial charge is 0.496 e. The van der Waals surface area contributed by atoms with E-state index in [4.69, 9.17) is 9.84 Å². The van der Waals surface area contributed by atoms with Crippen molar-refractivity contribution in [3.05, 3.63) is 24.3 Å². The second-order valence-electron chi connectivity index (χ2n) is 2.81. The van der Waals surface area contributed by atoms with Gasteiger partial charge < -0.3 is 9.84 Å². The number of methoxy groups -OCH3 is 1. The molecule has 0 aromatic heterocycles. The molecule has 0 amide bonds. The van der Waals surface area contributed by atoms with Gasteiger partial charge in [0.05, 0.1) is 13.2 Å². The van der Waals surface area contributed by atoms with Crippen molar-refractivity contribution < 1.29 is 9.84 Å². The van der Waals surface area contributed by atoms with Crippen LogP contribution in [0.25, 0.3) is 0 Å². The number of aliphatic hydroxyl groups excluding tert-OH is 1. The summed E-state index contributed by atoms with van der Waals surface area (Å²) >= 11 is 1.60. The zero-order chi connectivity index (χ0) is 9.68. The van der Waals surface area contributed by atoms with Crippen LogP contribution in [0, 0.1) is 0 Å². The molecule has 0 aliphatic carbocycles. The van der Waals surface area contributed by atoms with Crippen LogP contribution >= 0.6 is 11.8 Å². The Bertz CT molecular complexity index is 261. The average Bonchev–Trinajstić information content (AvgIpc) is 2.15. The van der Waals surface area contributed by atoms with Crippen LogP contribution in [-0.4, -0.2) is 24.1 Å². The summed E-state index contributed by atoms with van der Waals surface area (Å²) in [6, 6.07) is 7.81. The van der Waals surface area contributed by atoms with Crippen molar-refractivity contribution in [2.75, 3.05) is 12.9 Å². The fourth-order valence-electron chi connectivity index (χ4n) is 0.948. The molecule has 0 radical (unpaired) electrons. The lowest BCUT2D eigenvalue weighted by molar-refractivity contribution is 0.220. The quantitative estimate of drug-likeness (QED) is 0.752. The number of benzene rings is 1. The second-order valence-corrected chi connectivity index (χ2v) is 3.87. The summed E-state index contributed by atoms with van der Waals surface area (Å²) in [5.41, 5.74) is 0. The molecule has 0 aliphatic heterocycles. The molecule has 3 heteroatoms. The number of thioether (sulfide) groups is 1. The number of rotatable bonds is 4. The van der Waals surface area contributed by atoms with Gasteiger partial charge in [0.2, 0.25) is 0 Å². The lowest BCUT2D eigenvalue weighted by Gasteiger charge is -2.08. The molecular weight excluding hydrogens is 184 g/mol. The van der Waals surface area contributed by atoms with Crippen molar-refractivity contribution in [3.8, 4) is 5.75 Å². The first kappa shape index (κ1) is 10.4. The Hall–Kier alpha value is -0.670. The first-order valence-electron chi connectivity index (χ1n) is 4.18. The molecule has 0 heterocycles. The van der Waals surface area contributed by atoms with Crippen molar-refractivity contribution in [2.45, 2.75) is 17.9 Å². The zero-order valence-electron chi connectivity index (χ0n) is 7.86. The van der Waals surface area contributed by atoms with Gasteiger partial charge in [0, 0.05) is 10.6 Å². The molecule has 2 nitrogen and oxygen atoms in total. The molecule has 1 atom stereocenters. The van der Waals surface area contributed by atoms with E-state index in [0.717, 1.165) is 10.6 Å². The zero-order valence-corrected chi connectivity index (χ0v) is 8.67. The number of ether oxygens (including phenoxy) is 1. The van der Waals surface area contributed by atoms with Crippen molar-refractivity contribution in [3.63, 3.8) is 0 Å². The van der Waals surface area contributed by atoms with Gasteiger partial charge in [-0.25, -0.2) is 0 Å². The third kappa shape index (κ3) is 3.28. The van der Waals surface area contributed by atoms with Gasteiger partial charge in [-0.2, -0.15) is 0 Å². The molecule has 1 aromatic rings. The molecule has 0 aliphatic rings. The van der Waals surface area contributed by atoms with Crippen LogP contribution in [0.5, 0.6) is 5.75 Å². The van der Waals surface area contributed by atoms with E-state index in [0.29, 0.717) is 5.75 Å². The molecule has 1 rings (SSSR count). The lowest BCUT2D eigenvalue weighted by atomic mass is 10.3. The minimum absolute atomic E-state index is 0.282. The van der Waals surface area contributed by atoms with Crippen LogP contribution in [0.2, 0.25) is 0 Å². The van der Waals surface area contributed by atoms with Gasteiger partial charge in [-0.3, -0.25) is 0 Å². The molecule has 13 heavy (non-hydrogen) atoms. The highest BCUT2D eigenvalue weighted by molar-refractivity contribution is 7.99. The summed E-state index contributed by atoms with van der Waals surface area (Å²) in [6.45, 7) is 1.78. The Morgan fingerprint density at radius 3 is 2.77 bits per heavy atom. The van der Waals surface area contributed by atoms with Crippen LogP contribution in [-0.2, 0) is 0 Å². The van der Waals surface area contributed by atoms with Gasteiger partial charge in [0.1, 0.15) is 5.75 Å². The molecule has 0 saturated carbocycles. The summed E-state index contributed by atoms with van der Waals surface area (Å²) in [7, 11) is 1.65. The summed E-state index contributed by atoms with van der Waals surface area (Å²) in [5, 5.41) is 9.12. The van der Waals surface area contributed by atoms with E-state index >= 15 is 0 Å². The molecule has 1 N–H and O–H groups in total. The van der Waals surface area contributed by atoms with E-state index in [2.05, 4.69) is 0 Å². The maximum Gasteiger partial charge on any atom is 0.132 e. The van der Waals surface area contributed by atoms with Crippen LogP contribution in [0.15, 0.2) is 29.2 Å². The second kappa shape index (κ2) is 5.14. The molecule has 1 aromatic carbocycles. The molecule has 72 valence electrons. The molecule has 0 fully saturated rings. The highest BCUT2D eigenvalue weighted by atomic mass is 32.2. The van der Waals surface area contributed by atoms with E-state index in [1.807, 2.05) is 24.3 Å². The molecule has 0 spiro atoms. The number of aliphatic hydroxyl groups is 1. The maximum absolute atomic E-state index is 9.12. The third-order valence-corrected chi connectivity index (χ3v) is 2.85. The minimum Gasteiger partial charge on any atom is -0.496 e. The van der Waals surface area contributed by atoms with E-state index in [1.54, 1.807) is 25.8 Å². The van der Waals surface area contributed by atoms with Gasteiger partial charge in [0.25, 0.3) is 0 Å². The fraction of sp³-hybridized carbons (Fsp3) is 0.400.